The van der Waals surface area contributed by atoms with Gasteiger partial charge in [-0.25, -0.2) is 13.7 Å². The second kappa shape index (κ2) is 16.9. The van der Waals surface area contributed by atoms with E-state index in [9.17, 15) is 13.8 Å². The summed E-state index contributed by atoms with van der Waals surface area (Å²) in [7, 11) is -1.82. The Balaban J connectivity index is 1.32. The summed E-state index contributed by atoms with van der Waals surface area (Å²) in [5.41, 5.74) is 4.02. The Kier molecular flexibility index (Phi) is 12.3. The summed E-state index contributed by atoms with van der Waals surface area (Å²) < 4.78 is 38.8. The van der Waals surface area contributed by atoms with Gasteiger partial charge in [0.05, 0.1) is 24.2 Å². The maximum atomic E-state index is 14.2. The predicted octanol–water partition coefficient (Wildman–Crippen LogP) is 9.02. The smallest absolute Gasteiger partial charge is 0.420 e. The monoisotopic (exact) mass is 759 g/mol. The number of benzene rings is 3. The van der Waals surface area contributed by atoms with E-state index in [1.54, 1.807) is 38.3 Å². The van der Waals surface area contributed by atoms with E-state index in [1.807, 2.05) is 42.5 Å². The molecule has 3 aromatic carbocycles. The van der Waals surface area contributed by atoms with Crippen molar-refractivity contribution in [2.45, 2.75) is 69.5 Å². The van der Waals surface area contributed by atoms with Crippen LogP contribution in [-0.2, 0) is 31.2 Å². The summed E-state index contributed by atoms with van der Waals surface area (Å²) in [5.74, 6) is 0.603. The van der Waals surface area contributed by atoms with Crippen molar-refractivity contribution in [3.8, 4) is 5.75 Å². The molecule has 2 aliphatic carbocycles. The molecule has 1 saturated carbocycles. The zero-order valence-corrected chi connectivity index (χ0v) is 32.2. The van der Waals surface area contributed by atoms with Crippen molar-refractivity contribution in [1.82, 2.24) is 4.72 Å². The SMILES string of the molecule is C=CCCC[S@](=O)(=NC(=O)c1ccc2c(c1)N(C[C@@H]1CC[C@H]1[C@H](C=C)OC)C[C@@]1(CCCc3cc(Cl)ccc31)CO2)NC(=O)O[C@@H](C)c1ccccc1. The summed E-state index contributed by atoms with van der Waals surface area (Å²) in [4.78, 5) is 29.3. The first kappa shape index (κ1) is 38.6. The van der Waals surface area contributed by atoms with Gasteiger partial charge in [0.1, 0.15) is 21.8 Å². The van der Waals surface area contributed by atoms with E-state index in [0.717, 1.165) is 54.9 Å². The van der Waals surface area contributed by atoms with Crippen molar-refractivity contribution < 1.29 is 28.0 Å². The van der Waals surface area contributed by atoms with Crippen LogP contribution in [0.1, 0.15) is 78.6 Å². The molecule has 0 radical (unpaired) electrons. The number of carbonyl (C=O) groups excluding carboxylic acids is 2. The third kappa shape index (κ3) is 8.82. The molecule has 0 unspecified atom stereocenters. The van der Waals surface area contributed by atoms with Gasteiger partial charge in [-0.15, -0.1) is 17.5 Å². The summed E-state index contributed by atoms with van der Waals surface area (Å²) in [6.07, 6.45) is 8.00. The molecule has 11 heteroatoms. The average Bonchev–Trinajstić information content (AvgIpc) is 3.29. The number of halogens is 1. The van der Waals surface area contributed by atoms with Gasteiger partial charge in [0.25, 0.3) is 5.91 Å². The van der Waals surface area contributed by atoms with E-state index in [0.29, 0.717) is 43.6 Å². The Labute approximate surface area is 319 Å². The Hall–Kier alpha value is -4.12. The van der Waals surface area contributed by atoms with Gasteiger partial charge in [-0.2, -0.15) is 0 Å². The quantitative estimate of drug-likeness (QED) is 0.137. The lowest BCUT2D eigenvalue weighted by Gasteiger charge is -2.46. The normalized spacial score (nSPS) is 22.7. The highest BCUT2D eigenvalue weighted by atomic mass is 35.5. The Bertz CT molecular complexity index is 1950. The number of ether oxygens (including phenoxy) is 3. The number of hydrogen-bond donors (Lipinski definition) is 1. The van der Waals surface area contributed by atoms with Crippen molar-refractivity contribution in [2.75, 3.05) is 37.5 Å². The highest BCUT2D eigenvalue weighted by Gasteiger charge is 2.44. The fourth-order valence-corrected chi connectivity index (χ4v) is 9.74. The number of nitrogens with one attached hydrogen (secondary N) is 1. The molecule has 6 rings (SSSR count). The van der Waals surface area contributed by atoms with E-state index in [1.165, 1.54) is 11.1 Å². The number of aryl methyl sites for hydroxylation is 1. The topological polar surface area (TPSA) is 107 Å². The molecular weight excluding hydrogens is 710 g/mol. The fraction of sp³-hybridized carbons (Fsp3) is 0.429. The van der Waals surface area contributed by atoms with Crippen LogP contribution in [0.25, 0.3) is 0 Å². The largest absolute Gasteiger partial charge is 0.490 e. The van der Waals surface area contributed by atoms with Crippen LogP contribution in [0.4, 0.5) is 10.5 Å². The molecule has 1 heterocycles. The highest BCUT2D eigenvalue weighted by Crippen LogP contribution is 2.47. The number of amides is 2. The highest BCUT2D eigenvalue weighted by molar-refractivity contribution is 7.92. The average molecular weight is 760 g/mol. The van der Waals surface area contributed by atoms with Crippen molar-refractivity contribution >= 4 is 39.2 Å². The minimum absolute atomic E-state index is 0.0428. The predicted molar refractivity (Wildman–Crippen MR) is 211 cm³/mol. The van der Waals surface area contributed by atoms with Crippen molar-refractivity contribution in [2.24, 2.45) is 16.2 Å². The molecule has 53 heavy (non-hydrogen) atoms. The first-order chi connectivity index (χ1) is 25.6. The van der Waals surface area contributed by atoms with Gasteiger partial charge in [-0.3, -0.25) is 4.79 Å². The third-order valence-electron chi connectivity index (χ3n) is 11.0. The molecule has 2 amide bonds. The van der Waals surface area contributed by atoms with Crippen LogP contribution >= 0.6 is 11.6 Å². The van der Waals surface area contributed by atoms with Gasteiger partial charge in [-0.05, 0) is 111 Å². The van der Waals surface area contributed by atoms with E-state index in [4.69, 9.17) is 25.8 Å². The van der Waals surface area contributed by atoms with E-state index < -0.39 is 28.0 Å². The lowest BCUT2D eigenvalue weighted by atomic mass is 9.68. The van der Waals surface area contributed by atoms with E-state index >= 15 is 0 Å². The van der Waals surface area contributed by atoms with Gasteiger partial charge >= 0.3 is 6.09 Å². The molecule has 9 nitrogen and oxygen atoms in total. The lowest BCUT2D eigenvalue weighted by Crippen LogP contribution is -2.49. The molecule has 0 bridgehead atoms. The van der Waals surface area contributed by atoms with Gasteiger partial charge in [-0.1, -0.05) is 60.2 Å². The molecule has 282 valence electrons. The molecule has 0 saturated heterocycles. The first-order valence-corrected chi connectivity index (χ1v) is 20.5. The number of allylic oxidation sites excluding steroid dienone is 1. The molecule has 1 fully saturated rings. The minimum Gasteiger partial charge on any atom is -0.490 e. The number of anilines is 1. The summed E-state index contributed by atoms with van der Waals surface area (Å²) >= 11 is 6.45. The number of fused-ring (bicyclic) bond motifs is 3. The van der Waals surface area contributed by atoms with E-state index in [2.05, 4.69) is 39.3 Å². The molecule has 3 aromatic rings. The van der Waals surface area contributed by atoms with Crippen LogP contribution in [-0.4, -0.2) is 54.9 Å². The number of unbranched alkanes of at least 4 members (excludes halogenated alkanes) is 1. The fourth-order valence-electron chi connectivity index (χ4n) is 8.07. The zero-order chi connectivity index (χ0) is 37.6. The molecule has 1 aliphatic heterocycles. The summed E-state index contributed by atoms with van der Waals surface area (Å²) in [6.45, 7) is 11.4. The Morgan fingerprint density at radius 2 is 1.96 bits per heavy atom. The van der Waals surface area contributed by atoms with Crippen LogP contribution in [0, 0.1) is 11.8 Å². The van der Waals surface area contributed by atoms with Crippen molar-refractivity contribution in [1.29, 1.82) is 0 Å². The maximum Gasteiger partial charge on any atom is 0.420 e. The summed E-state index contributed by atoms with van der Waals surface area (Å²) in [5, 5.41) is 0.726. The summed E-state index contributed by atoms with van der Waals surface area (Å²) in [6, 6.07) is 20.7. The molecule has 3 aliphatic rings. The van der Waals surface area contributed by atoms with Gasteiger partial charge in [0.15, 0.2) is 0 Å². The number of carbonyl (C=O) groups is 2. The number of hydrogen-bond acceptors (Lipinski definition) is 7. The minimum atomic E-state index is -3.55. The molecular formula is C42H50ClN3O6S. The second-order valence-corrected chi connectivity index (χ2v) is 17.0. The number of rotatable bonds is 13. The van der Waals surface area contributed by atoms with Crippen LogP contribution < -0.4 is 14.4 Å². The van der Waals surface area contributed by atoms with Crippen molar-refractivity contribution in [3.05, 3.63) is 119 Å². The van der Waals surface area contributed by atoms with Crippen LogP contribution in [0.3, 0.4) is 0 Å². The maximum absolute atomic E-state index is 14.2. The number of methoxy groups -OCH3 is 1. The Morgan fingerprint density at radius 3 is 2.68 bits per heavy atom. The van der Waals surface area contributed by atoms with Gasteiger partial charge in [0.2, 0.25) is 0 Å². The lowest BCUT2D eigenvalue weighted by molar-refractivity contribution is 0.0135. The van der Waals surface area contributed by atoms with Gasteiger partial charge < -0.3 is 19.1 Å². The standard InChI is InChI=1S/C42H50ClN3O6S/c1-5-7-11-23-53(49,45-41(48)52-29(3)30-13-9-8-10-14-30)44-40(47)32-17-21-39-37(25-32)46(26-33-16-19-35(33)38(6-2)50-4)27-42(28-51-39)22-12-15-31-24-34(43)18-20-36(31)42/h5-6,8-10,13-14,17-18,20-21,24-25,29,33,35,38H,1-2,7,11-12,15-16,19,22-23,26-28H2,3-4H3,(H,44,45,47,48,49)/t29-,33-,35+,38-,42-,53-/m0/s1. The number of nitrogens with zero attached hydrogens (tertiary/aromatic N) is 2. The molecule has 6 atom stereocenters. The van der Waals surface area contributed by atoms with Crippen molar-refractivity contribution in [3.63, 3.8) is 0 Å². The van der Waals surface area contributed by atoms with Crippen LogP contribution in [0.5, 0.6) is 5.75 Å². The first-order valence-electron chi connectivity index (χ1n) is 18.5. The van der Waals surface area contributed by atoms with Crippen LogP contribution in [0.15, 0.2) is 96.4 Å². The molecule has 0 aromatic heterocycles. The van der Waals surface area contributed by atoms with Gasteiger partial charge in [0, 0.05) is 36.2 Å². The zero-order valence-electron chi connectivity index (χ0n) is 30.6. The third-order valence-corrected chi connectivity index (χ3v) is 13.0. The molecule has 1 spiro atoms. The van der Waals surface area contributed by atoms with E-state index in [-0.39, 0.29) is 22.8 Å². The van der Waals surface area contributed by atoms with Crippen LogP contribution in [0.2, 0.25) is 5.02 Å². The molecule has 1 N–H and O–H groups in total. The second-order valence-electron chi connectivity index (χ2n) is 14.5. The Morgan fingerprint density at radius 1 is 1.15 bits per heavy atom.